The van der Waals surface area contributed by atoms with E-state index in [2.05, 4.69) is 5.32 Å². The molecule has 10 heteroatoms. The van der Waals surface area contributed by atoms with Gasteiger partial charge in [0, 0.05) is 26.7 Å². The highest BCUT2D eigenvalue weighted by atomic mass is 32.2. The van der Waals surface area contributed by atoms with Gasteiger partial charge in [0.15, 0.2) is 0 Å². The van der Waals surface area contributed by atoms with Crippen molar-refractivity contribution in [2.45, 2.75) is 71.0 Å². The van der Waals surface area contributed by atoms with Crippen LogP contribution in [0.1, 0.15) is 56.6 Å². The number of nitrogens with zero attached hydrogens (tertiary/aromatic N) is 3. The molecule has 1 aliphatic carbocycles. The summed E-state index contributed by atoms with van der Waals surface area (Å²) in [6.07, 6.45) is 5.39. The van der Waals surface area contributed by atoms with Crippen LogP contribution in [0.5, 0.6) is 0 Å². The number of hydrogen-bond donors (Lipinski definition) is 1. The van der Waals surface area contributed by atoms with Gasteiger partial charge in [-0.05, 0) is 49.4 Å². The van der Waals surface area contributed by atoms with Crippen molar-refractivity contribution in [1.29, 1.82) is 0 Å². The van der Waals surface area contributed by atoms with Crippen LogP contribution in [-0.2, 0) is 26.3 Å². The van der Waals surface area contributed by atoms with Crippen LogP contribution >= 0.6 is 0 Å². The number of hydrogen-bond acceptors (Lipinski definition) is 4. The number of benzene rings is 2. The van der Waals surface area contributed by atoms with E-state index in [9.17, 15) is 22.4 Å². The normalized spacial score (nSPS) is 15.2. The monoisotopic (exact) mass is 546 g/mol. The van der Waals surface area contributed by atoms with Gasteiger partial charge in [-0.25, -0.2) is 8.70 Å². The molecular weight excluding hydrogens is 507 g/mol. The molecule has 0 bridgehead atoms. The maximum Gasteiger partial charge on any atom is 0.304 e. The second-order valence-electron chi connectivity index (χ2n) is 9.96. The van der Waals surface area contributed by atoms with Gasteiger partial charge in [-0.3, -0.25) is 9.59 Å². The third kappa shape index (κ3) is 7.11. The molecule has 0 unspecified atom stereocenters. The minimum atomic E-state index is -4.22. The predicted octanol–water partition coefficient (Wildman–Crippen LogP) is 4.00. The molecule has 38 heavy (non-hydrogen) atoms. The summed E-state index contributed by atoms with van der Waals surface area (Å²) in [6.45, 7) is 3.22. The van der Waals surface area contributed by atoms with Crippen LogP contribution in [0.25, 0.3) is 0 Å². The summed E-state index contributed by atoms with van der Waals surface area (Å²) in [5.74, 6) is -1.61. The van der Waals surface area contributed by atoms with Crippen molar-refractivity contribution in [3.05, 3.63) is 65.5 Å². The van der Waals surface area contributed by atoms with Gasteiger partial charge in [-0.1, -0.05) is 62.6 Å². The number of rotatable bonds is 11. The molecule has 1 atom stereocenters. The van der Waals surface area contributed by atoms with Crippen LogP contribution in [0.15, 0.2) is 48.5 Å². The third-order valence-corrected chi connectivity index (χ3v) is 8.89. The molecule has 1 N–H and O–H groups in total. The zero-order chi connectivity index (χ0) is 27.9. The quantitative estimate of drug-likeness (QED) is 0.461. The first-order valence-corrected chi connectivity index (χ1v) is 14.5. The Balaban J connectivity index is 1.98. The first kappa shape index (κ1) is 29.6. The van der Waals surface area contributed by atoms with E-state index in [0.717, 1.165) is 57.9 Å². The Bertz CT molecular complexity index is 1210. The summed E-state index contributed by atoms with van der Waals surface area (Å²) in [5.41, 5.74) is 1.56. The zero-order valence-corrected chi connectivity index (χ0v) is 23.5. The first-order chi connectivity index (χ1) is 18.1. The van der Waals surface area contributed by atoms with Gasteiger partial charge >= 0.3 is 10.2 Å². The summed E-state index contributed by atoms with van der Waals surface area (Å²) < 4.78 is 42.9. The van der Waals surface area contributed by atoms with Crippen molar-refractivity contribution in [1.82, 2.24) is 14.5 Å². The Labute approximate surface area is 226 Å². The van der Waals surface area contributed by atoms with E-state index in [1.807, 2.05) is 38.1 Å². The van der Waals surface area contributed by atoms with E-state index in [0.29, 0.717) is 6.42 Å². The second-order valence-corrected chi connectivity index (χ2v) is 12.0. The fourth-order valence-electron chi connectivity index (χ4n) is 4.79. The number of amides is 2. The largest absolute Gasteiger partial charge is 0.352 e. The first-order valence-electron chi connectivity index (χ1n) is 13.1. The van der Waals surface area contributed by atoms with Crippen LogP contribution in [0.4, 0.5) is 10.1 Å². The smallest absolute Gasteiger partial charge is 0.304 e. The molecule has 0 saturated heterocycles. The van der Waals surface area contributed by atoms with Gasteiger partial charge in [0.2, 0.25) is 11.8 Å². The molecule has 1 aliphatic rings. The molecule has 1 saturated carbocycles. The predicted molar refractivity (Wildman–Crippen MR) is 147 cm³/mol. The van der Waals surface area contributed by atoms with E-state index in [1.165, 1.54) is 37.2 Å². The van der Waals surface area contributed by atoms with Crippen LogP contribution < -0.4 is 9.62 Å². The van der Waals surface area contributed by atoms with E-state index in [1.54, 1.807) is 0 Å². The van der Waals surface area contributed by atoms with Crippen molar-refractivity contribution in [3.8, 4) is 0 Å². The molecular formula is C28H39FN4O4S. The number of anilines is 1. The Morgan fingerprint density at radius 1 is 1.03 bits per heavy atom. The molecule has 2 aromatic carbocycles. The summed E-state index contributed by atoms with van der Waals surface area (Å²) in [7, 11) is -1.57. The van der Waals surface area contributed by atoms with Crippen molar-refractivity contribution < 1.29 is 22.4 Å². The van der Waals surface area contributed by atoms with Gasteiger partial charge < -0.3 is 10.2 Å². The fraction of sp³-hybridized carbons (Fsp3) is 0.500. The lowest BCUT2D eigenvalue weighted by atomic mass is 9.95. The molecule has 3 rings (SSSR count). The number of carbonyl (C=O) groups is 2. The average molecular weight is 547 g/mol. The number of nitrogens with one attached hydrogen (secondary N) is 1. The van der Waals surface area contributed by atoms with Crippen molar-refractivity contribution >= 4 is 27.7 Å². The minimum Gasteiger partial charge on any atom is -0.352 e. The van der Waals surface area contributed by atoms with Gasteiger partial charge in [0.25, 0.3) is 0 Å². The van der Waals surface area contributed by atoms with Crippen molar-refractivity contribution in [2.24, 2.45) is 0 Å². The van der Waals surface area contributed by atoms with E-state index in [4.69, 9.17) is 0 Å². The number of para-hydroxylation sites is 1. The SMILES string of the molecule is CC[C@@H](C(=O)NC1CCCCC1)N(Cc1ccccc1C)C(=O)CN(c1ccccc1F)S(=O)(=O)N(C)C. The summed E-state index contributed by atoms with van der Waals surface area (Å²) in [6, 6.07) is 12.2. The van der Waals surface area contributed by atoms with Crippen LogP contribution in [0.3, 0.4) is 0 Å². The molecule has 2 amide bonds. The lowest BCUT2D eigenvalue weighted by molar-refractivity contribution is -0.140. The third-order valence-electron chi connectivity index (χ3n) is 7.08. The van der Waals surface area contributed by atoms with Crippen molar-refractivity contribution in [2.75, 3.05) is 24.9 Å². The Hall–Kier alpha value is -2.98. The number of aryl methyl sites for hydroxylation is 1. The minimum absolute atomic E-state index is 0.0599. The zero-order valence-electron chi connectivity index (χ0n) is 22.7. The molecule has 0 aromatic heterocycles. The standard InChI is InChI=1S/C28H39FN4O4S/c1-5-25(28(35)30-23-15-7-6-8-16-23)32(19-22-14-10-9-13-21(22)2)27(34)20-33(38(36,37)31(3)4)26-18-12-11-17-24(26)29/h9-14,17-18,23,25H,5-8,15-16,19-20H2,1-4H3,(H,30,35)/t25-/m0/s1. The van der Waals surface area contributed by atoms with E-state index >= 15 is 0 Å². The second kappa shape index (κ2) is 13.2. The molecule has 1 fully saturated rings. The molecule has 0 aliphatic heterocycles. The van der Waals surface area contributed by atoms with Gasteiger partial charge in [-0.15, -0.1) is 0 Å². The summed E-state index contributed by atoms with van der Waals surface area (Å²) in [5, 5.41) is 3.12. The lowest BCUT2D eigenvalue weighted by Gasteiger charge is -2.35. The van der Waals surface area contributed by atoms with E-state index < -0.39 is 34.5 Å². The molecule has 8 nitrogen and oxygen atoms in total. The number of halogens is 1. The van der Waals surface area contributed by atoms with Crippen LogP contribution in [0, 0.1) is 12.7 Å². The highest BCUT2D eigenvalue weighted by Crippen LogP contribution is 2.25. The Kier molecular flexibility index (Phi) is 10.3. The molecule has 0 heterocycles. The van der Waals surface area contributed by atoms with Crippen LogP contribution in [0.2, 0.25) is 0 Å². The van der Waals surface area contributed by atoms with Gasteiger partial charge in [-0.2, -0.15) is 12.7 Å². The number of carbonyl (C=O) groups excluding carboxylic acids is 2. The molecule has 0 spiro atoms. The highest BCUT2D eigenvalue weighted by molar-refractivity contribution is 7.90. The topological polar surface area (TPSA) is 90.0 Å². The van der Waals surface area contributed by atoms with Crippen molar-refractivity contribution in [3.63, 3.8) is 0 Å². The highest BCUT2D eigenvalue weighted by Gasteiger charge is 2.35. The summed E-state index contributed by atoms with van der Waals surface area (Å²) in [4.78, 5) is 28.8. The maximum absolute atomic E-state index is 14.8. The Morgan fingerprint density at radius 3 is 2.26 bits per heavy atom. The molecule has 2 aromatic rings. The van der Waals surface area contributed by atoms with Gasteiger partial charge in [0.05, 0.1) is 5.69 Å². The van der Waals surface area contributed by atoms with Gasteiger partial charge in [0.1, 0.15) is 18.4 Å². The lowest BCUT2D eigenvalue weighted by Crippen LogP contribution is -2.54. The summed E-state index contributed by atoms with van der Waals surface area (Å²) >= 11 is 0. The Morgan fingerprint density at radius 2 is 1.66 bits per heavy atom. The molecule has 208 valence electrons. The van der Waals surface area contributed by atoms with Crippen LogP contribution in [-0.4, -0.2) is 62.2 Å². The fourth-order valence-corrected chi connectivity index (χ4v) is 5.86. The maximum atomic E-state index is 14.8. The average Bonchev–Trinajstić information content (AvgIpc) is 2.89. The van der Waals surface area contributed by atoms with E-state index in [-0.39, 0.29) is 24.2 Å². The molecule has 0 radical (unpaired) electrons.